The van der Waals surface area contributed by atoms with Crippen LogP contribution in [0.15, 0.2) is 97.3 Å². The molecule has 1 fully saturated rings. The van der Waals surface area contributed by atoms with Crippen molar-refractivity contribution in [1.82, 2.24) is 19.8 Å². The van der Waals surface area contributed by atoms with Crippen molar-refractivity contribution in [1.29, 1.82) is 0 Å². The van der Waals surface area contributed by atoms with Crippen LogP contribution in [0.25, 0.3) is 5.69 Å². The summed E-state index contributed by atoms with van der Waals surface area (Å²) in [7, 11) is 0. The van der Waals surface area contributed by atoms with Crippen molar-refractivity contribution in [3.63, 3.8) is 0 Å². The normalized spacial score (nSPS) is 18.2. The van der Waals surface area contributed by atoms with Gasteiger partial charge >= 0.3 is 6.18 Å². The molecule has 1 aliphatic heterocycles. The molecule has 172 valence electrons. The molecule has 0 bridgehead atoms. The highest BCUT2D eigenvalue weighted by molar-refractivity contribution is 7.80. The van der Waals surface area contributed by atoms with Crippen LogP contribution in [0.1, 0.15) is 34.6 Å². The number of pyridine rings is 1. The summed E-state index contributed by atoms with van der Waals surface area (Å²) in [6.07, 6.45) is -0.916. The van der Waals surface area contributed by atoms with Crippen LogP contribution in [-0.2, 0) is 12.7 Å². The first-order valence-electron chi connectivity index (χ1n) is 10.8. The number of nitrogens with one attached hydrogen (secondary N) is 1. The van der Waals surface area contributed by atoms with Crippen LogP contribution in [0, 0.1) is 0 Å². The first-order chi connectivity index (χ1) is 16.4. The average molecular weight is 479 g/mol. The van der Waals surface area contributed by atoms with Crippen LogP contribution in [0.3, 0.4) is 0 Å². The number of halogens is 3. The third-order valence-electron chi connectivity index (χ3n) is 5.93. The lowest BCUT2D eigenvalue weighted by Gasteiger charge is -2.29. The zero-order chi connectivity index (χ0) is 23.7. The second-order valence-electron chi connectivity index (χ2n) is 8.09. The maximum atomic E-state index is 13.4. The molecule has 4 nitrogen and oxygen atoms in total. The number of rotatable bonds is 5. The Kier molecular flexibility index (Phi) is 5.83. The highest BCUT2D eigenvalue weighted by Crippen LogP contribution is 2.40. The number of benzene rings is 2. The molecule has 0 radical (unpaired) electrons. The third-order valence-corrected chi connectivity index (χ3v) is 6.28. The molecule has 0 unspecified atom stereocenters. The third kappa shape index (κ3) is 4.28. The zero-order valence-corrected chi connectivity index (χ0v) is 18.8. The van der Waals surface area contributed by atoms with E-state index in [9.17, 15) is 13.2 Å². The fourth-order valence-electron chi connectivity index (χ4n) is 4.38. The highest BCUT2D eigenvalue weighted by Gasteiger charge is 2.41. The van der Waals surface area contributed by atoms with Gasteiger partial charge in [-0.3, -0.25) is 4.98 Å². The summed E-state index contributed by atoms with van der Waals surface area (Å²) in [5.74, 6) is 0. The summed E-state index contributed by atoms with van der Waals surface area (Å²) in [4.78, 5) is 6.61. The fraction of sp³-hybridized carbons (Fsp3) is 0.154. The monoisotopic (exact) mass is 478 g/mol. The van der Waals surface area contributed by atoms with Gasteiger partial charge in [0.25, 0.3) is 0 Å². The maximum Gasteiger partial charge on any atom is 0.416 e. The number of nitrogens with zero attached hydrogens (tertiary/aromatic N) is 3. The van der Waals surface area contributed by atoms with E-state index in [0.29, 0.717) is 17.3 Å². The van der Waals surface area contributed by atoms with Crippen molar-refractivity contribution in [2.24, 2.45) is 0 Å². The zero-order valence-electron chi connectivity index (χ0n) is 18.0. The van der Waals surface area contributed by atoms with E-state index < -0.39 is 11.7 Å². The van der Waals surface area contributed by atoms with Gasteiger partial charge in [-0.05, 0) is 60.2 Å². The molecule has 1 saturated heterocycles. The van der Waals surface area contributed by atoms with Gasteiger partial charge in [-0.25, -0.2) is 0 Å². The molecule has 5 rings (SSSR count). The van der Waals surface area contributed by atoms with Crippen molar-refractivity contribution < 1.29 is 13.2 Å². The molecule has 1 N–H and O–H groups in total. The van der Waals surface area contributed by atoms with Crippen molar-refractivity contribution in [3.8, 4) is 5.69 Å². The summed E-state index contributed by atoms with van der Waals surface area (Å²) in [5, 5.41) is 3.97. The van der Waals surface area contributed by atoms with Crippen LogP contribution in [0.5, 0.6) is 0 Å². The van der Waals surface area contributed by atoms with Gasteiger partial charge in [-0.15, -0.1) is 0 Å². The Morgan fingerprint density at radius 3 is 2.44 bits per heavy atom. The van der Waals surface area contributed by atoms with E-state index in [2.05, 4.69) is 15.2 Å². The Hall–Kier alpha value is -3.65. The van der Waals surface area contributed by atoms with Gasteiger partial charge in [-0.1, -0.05) is 42.5 Å². The van der Waals surface area contributed by atoms with Crippen molar-refractivity contribution in [3.05, 3.63) is 120 Å². The highest BCUT2D eigenvalue weighted by atomic mass is 32.1. The molecule has 2 aromatic carbocycles. The predicted molar refractivity (Wildman–Crippen MR) is 128 cm³/mol. The number of aromatic nitrogens is 2. The van der Waals surface area contributed by atoms with Crippen LogP contribution in [0.2, 0.25) is 0 Å². The largest absolute Gasteiger partial charge is 0.416 e. The van der Waals surface area contributed by atoms with E-state index in [1.165, 1.54) is 12.1 Å². The summed E-state index contributed by atoms with van der Waals surface area (Å²) < 4.78 is 42.0. The molecular formula is C26H21F3N4S. The SMILES string of the molecule is FC(F)(F)c1cccc(-n2cccc2[C@H]2[C@@H](c3ccccn3)NC(=S)N2Cc2ccccc2)c1. The van der Waals surface area contributed by atoms with Gasteiger partial charge in [0, 0.05) is 30.3 Å². The predicted octanol–water partition coefficient (Wildman–Crippen LogP) is 6.06. The van der Waals surface area contributed by atoms with E-state index in [1.54, 1.807) is 23.0 Å². The molecule has 0 aliphatic carbocycles. The van der Waals surface area contributed by atoms with Gasteiger partial charge in [-0.2, -0.15) is 13.2 Å². The topological polar surface area (TPSA) is 33.1 Å². The van der Waals surface area contributed by atoms with Crippen molar-refractivity contribution in [2.75, 3.05) is 0 Å². The van der Waals surface area contributed by atoms with E-state index in [-0.39, 0.29) is 12.1 Å². The van der Waals surface area contributed by atoms with E-state index >= 15 is 0 Å². The van der Waals surface area contributed by atoms with Gasteiger partial charge in [0.1, 0.15) is 0 Å². The Labute approximate surface area is 200 Å². The van der Waals surface area contributed by atoms with Gasteiger partial charge in [0.15, 0.2) is 5.11 Å². The lowest BCUT2D eigenvalue weighted by atomic mass is 10.0. The first kappa shape index (κ1) is 22.2. The Morgan fingerprint density at radius 2 is 1.71 bits per heavy atom. The summed E-state index contributed by atoms with van der Waals surface area (Å²) >= 11 is 5.73. The molecular weight excluding hydrogens is 457 g/mol. The summed E-state index contributed by atoms with van der Waals surface area (Å²) in [6.45, 7) is 0.550. The standard InChI is InChI=1S/C26H21F3N4S/c27-26(28,29)19-10-6-11-20(16-19)32-15-7-13-22(32)24-23(21-12-4-5-14-30-21)31-25(34)33(24)17-18-8-2-1-3-9-18/h1-16,23-24H,17H2,(H,31,34)/t23-,24+/m1/s1. The lowest BCUT2D eigenvalue weighted by Crippen LogP contribution is -2.30. The average Bonchev–Trinajstić information content (AvgIpc) is 3.45. The molecule has 0 spiro atoms. The van der Waals surface area contributed by atoms with Gasteiger partial charge in [0.2, 0.25) is 0 Å². The summed E-state index contributed by atoms with van der Waals surface area (Å²) in [6, 6.07) is 24.2. The Morgan fingerprint density at radius 1 is 0.912 bits per heavy atom. The lowest BCUT2D eigenvalue weighted by molar-refractivity contribution is -0.137. The molecule has 3 heterocycles. The molecule has 4 aromatic rings. The Bertz CT molecular complexity index is 1290. The fourth-order valence-corrected chi connectivity index (χ4v) is 4.68. The van der Waals surface area contributed by atoms with E-state index in [4.69, 9.17) is 12.2 Å². The smallest absolute Gasteiger partial charge is 0.352 e. The molecule has 0 amide bonds. The van der Waals surface area contributed by atoms with Gasteiger partial charge in [0.05, 0.1) is 23.3 Å². The minimum absolute atomic E-state index is 0.267. The molecule has 0 saturated carbocycles. The van der Waals surface area contributed by atoms with Gasteiger partial charge < -0.3 is 14.8 Å². The van der Waals surface area contributed by atoms with E-state index in [1.807, 2.05) is 60.7 Å². The Balaban J connectivity index is 1.60. The molecule has 8 heteroatoms. The van der Waals surface area contributed by atoms with Crippen LogP contribution in [0.4, 0.5) is 13.2 Å². The van der Waals surface area contributed by atoms with Crippen molar-refractivity contribution >= 4 is 17.3 Å². The van der Waals surface area contributed by atoms with Crippen LogP contribution >= 0.6 is 12.2 Å². The maximum absolute atomic E-state index is 13.4. The number of thiocarbonyl (C=S) groups is 1. The molecule has 34 heavy (non-hydrogen) atoms. The first-order valence-corrected chi connectivity index (χ1v) is 11.2. The van der Waals surface area contributed by atoms with E-state index in [0.717, 1.165) is 23.0 Å². The minimum atomic E-state index is -4.42. The molecule has 2 atom stereocenters. The quantitative estimate of drug-likeness (QED) is 0.353. The molecule has 2 aromatic heterocycles. The second kappa shape index (κ2) is 8.95. The second-order valence-corrected chi connectivity index (χ2v) is 8.48. The number of alkyl halides is 3. The number of hydrogen-bond donors (Lipinski definition) is 1. The number of hydrogen-bond acceptors (Lipinski definition) is 2. The molecule has 1 aliphatic rings. The van der Waals surface area contributed by atoms with Crippen LogP contribution < -0.4 is 5.32 Å². The minimum Gasteiger partial charge on any atom is -0.352 e. The van der Waals surface area contributed by atoms with Crippen LogP contribution in [-0.4, -0.2) is 19.6 Å². The van der Waals surface area contributed by atoms with Crippen molar-refractivity contribution in [2.45, 2.75) is 24.8 Å². The summed E-state index contributed by atoms with van der Waals surface area (Å²) in [5.41, 5.74) is 2.45.